The van der Waals surface area contributed by atoms with Crippen molar-refractivity contribution in [3.8, 4) is 0 Å². The number of anilines is 2. The molecule has 0 saturated carbocycles. The van der Waals surface area contributed by atoms with Gasteiger partial charge in [0.05, 0.1) is 0 Å². The third-order valence-electron chi connectivity index (χ3n) is 2.89. The summed E-state index contributed by atoms with van der Waals surface area (Å²) < 4.78 is 13.7. The lowest BCUT2D eigenvalue weighted by molar-refractivity contribution is 0.607. The van der Waals surface area contributed by atoms with Gasteiger partial charge in [-0.2, -0.15) is 0 Å². The lowest BCUT2D eigenvalue weighted by atomic mass is 10.2. The fourth-order valence-electron chi connectivity index (χ4n) is 1.79. The molecule has 0 aliphatic rings. The van der Waals surface area contributed by atoms with Crippen LogP contribution in [-0.4, -0.2) is 30.3 Å². The van der Waals surface area contributed by atoms with Gasteiger partial charge in [-0.15, -0.1) is 0 Å². The quantitative estimate of drug-likeness (QED) is 0.677. The van der Waals surface area contributed by atoms with Crippen molar-refractivity contribution in [3.05, 3.63) is 41.7 Å². The van der Waals surface area contributed by atoms with Crippen LogP contribution in [0.1, 0.15) is 5.56 Å². The van der Waals surface area contributed by atoms with E-state index in [1.54, 1.807) is 12.1 Å². The van der Waals surface area contributed by atoms with Crippen LogP contribution in [0.25, 0.3) is 0 Å². The van der Waals surface area contributed by atoms with Crippen LogP contribution in [-0.2, 0) is 6.54 Å². The van der Waals surface area contributed by atoms with Gasteiger partial charge >= 0.3 is 0 Å². The molecule has 0 aliphatic carbocycles. The molecule has 0 spiro atoms. The van der Waals surface area contributed by atoms with Crippen molar-refractivity contribution in [3.63, 3.8) is 0 Å². The Bertz CT molecular complexity index is 569. The number of nitrogens with one attached hydrogen (secondary N) is 1. The highest BCUT2D eigenvalue weighted by molar-refractivity contribution is 7.98. The molecule has 0 amide bonds. The van der Waals surface area contributed by atoms with Gasteiger partial charge in [-0.1, -0.05) is 30.0 Å². The molecule has 0 saturated heterocycles. The monoisotopic (exact) mass is 292 g/mol. The van der Waals surface area contributed by atoms with Gasteiger partial charge in [0.25, 0.3) is 0 Å². The second kappa shape index (κ2) is 6.56. The van der Waals surface area contributed by atoms with E-state index in [1.165, 1.54) is 17.8 Å². The molecule has 4 nitrogen and oxygen atoms in total. The van der Waals surface area contributed by atoms with E-state index in [0.717, 1.165) is 11.6 Å². The maximum atomic E-state index is 13.7. The summed E-state index contributed by atoms with van der Waals surface area (Å²) in [6.07, 6.45) is 1.93. The molecular formula is C14H17FN4S. The normalized spacial score (nSPS) is 10.4. The Morgan fingerprint density at radius 1 is 1.30 bits per heavy atom. The number of rotatable bonds is 5. The van der Waals surface area contributed by atoms with Crippen LogP contribution in [0, 0.1) is 5.82 Å². The average Bonchev–Trinajstić information content (AvgIpc) is 2.48. The minimum atomic E-state index is -0.202. The van der Waals surface area contributed by atoms with Crippen molar-refractivity contribution < 1.29 is 4.39 Å². The third kappa shape index (κ3) is 3.39. The zero-order valence-electron chi connectivity index (χ0n) is 11.7. The van der Waals surface area contributed by atoms with E-state index < -0.39 is 0 Å². The first-order valence-electron chi connectivity index (χ1n) is 6.19. The van der Waals surface area contributed by atoms with E-state index in [2.05, 4.69) is 15.3 Å². The molecule has 0 radical (unpaired) electrons. The summed E-state index contributed by atoms with van der Waals surface area (Å²) in [5, 5.41) is 3.69. The van der Waals surface area contributed by atoms with E-state index in [4.69, 9.17) is 0 Å². The van der Waals surface area contributed by atoms with E-state index in [1.807, 2.05) is 37.4 Å². The van der Waals surface area contributed by atoms with Crippen molar-refractivity contribution in [2.75, 3.05) is 30.6 Å². The van der Waals surface area contributed by atoms with Crippen LogP contribution in [0.3, 0.4) is 0 Å². The Labute approximate surface area is 122 Å². The first-order valence-corrected chi connectivity index (χ1v) is 7.42. The summed E-state index contributed by atoms with van der Waals surface area (Å²) >= 11 is 1.48. The van der Waals surface area contributed by atoms with Gasteiger partial charge in [0.1, 0.15) is 17.5 Å². The minimum Gasteiger partial charge on any atom is -0.373 e. The summed E-state index contributed by atoms with van der Waals surface area (Å²) in [7, 11) is 3.70. The standard InChI is InChI=1S/C14H17FN4S/c1-16-12-8-13(18-14(17-12)20-3)19(2)9-10-6-4-5-7-11(10)15/h4-8H,9H2,1-3H3,(H,16,17,18). The van der Waals surface area contributed by atoms with Crippen LogP contribution in [0.15, 0.2) is 35.5 Å². The number of halogens is 1. The highest BCUT2D eigenvalue weighted by Gasteiger charge is 2.10. The Morgan fingerprint density at radius 3 is 2.70 bits per heavy atom. The second-order valence-electron chi connectivity index (χ2n) is 4.30. The average molecular weight is 292 g/mol. The van der Waals surface area contributed by atoms with Crippen LogP contribution in [0.4, 0.5) is 16.0 Å². The number of hydrogen-bond acceptors (Lipinski definition) is 5. The zero-order valence-corrected chi connectivity index (χ0v) is 12.5. The summed E-state index contributed by atoms with van der Waals surface area (Å²) in [5.74, 6) is 1.31. The van der Waals surface area contributed by atoms with Gasteiger partial charge in [0.15, 0.2) is 5.16 Å². The topological polar surface area (TPSA) is 41.0 Å². The van der Waals surface area contributed by atoms with Crippen molar-refractivity contribution in [2.24, 2.45) is 0 Å². The number of thioether (sulfide) groups is 1. The molecule has 2 rings (SSSR count). The number of benzene rings is 1. The smallest absolute Gasteiger partial charge is 0.191 e. The molecule has 2 aromatic rings. The van der Waals surface area contributed by atoms with E-state index in [9.17, 15) is 4.39 Å². The van der Waals surface area contributed by atoms with Crippen LogP contribution in [0.2, 0.25) is 0 Å². The lowest BCUT2D eigenvalue weighted by Crippen LogP contribution is -2.19. The number of aromatic nitrogens is 2. The van der Waals surface area contributed by atoms with Gasteiger partial charge < -0.3 is 10.2 Å². The SMILES string of the molecule is CNc1cc(N(C)Cc2ccccc2F)nc(SC)n1. The van der Waals surface area contributed by atoms with Crippen molar-refractivity contribution >= 4 is 23.4 Å². The minimum absolute atomic E-state index is 0.202. The molecular weight excluding hydrogens is 275 g/mol. The number of nitrogens with zero attached hydrogens (tertiary/aromatic N) is 3. The zero-order chi connectivity index (χ0) is 14.5. The van der Waals surface area contributed by atoms with Gasteiger partial charge in [0, 0.05) is 32.3 Å². The molecule has 1 aromatic heterocycles. The highest BCUT2D eigenvalue weighted by Crippen LogP contribution is 2.21. The Balaban J connectivity index is 2.24. The Morgan fingerprint density at radius 2 is 2.05 bits per heavy atom. The molecule has 6 heteroatoms. The van der Waals surface area contributed by atoms with Crippen molar-refractivity contribution in [1.82, 2.24) is 9.97 Å². The summed E-state index contributed by atoms with van der Waals surface area (Å²) in [5.41, 5.74) is 0.644. The van der Waals surface area contributed by atoms with E-state index in [0.29, 0.717) is 17.3 Å². The molecule has 0 atom stereocenters. The largest absolute Gasteiger partial charge is 0.373 e. The molecule has 0 fully saturated rings. The molecule has 106 valence electrons. The highest BCUT2D eigenvalue weighted by atomic mass is 32.2. The molecule has 1 N–H and O–H groups in total. The molecule has 0 unspecified atom stereocenters. The first-order chi connectivity index (χ1) is 9.63. The van der Waals surface area contributed by atoms with Crippen molar-refractivity contribution in [1.29, 1.82) is 0 Å². The van der Waals surface area contributed by atoms with Crippen LogP contribution in [0.5, 0.6) is 0 Å². The Kier molecular flexibility index (Phi) is 4.79. The lowest BCUT2D eigenvalue weighted by Gasteiger charge is -2.19. The van der Waals surface area contributed by atoms with E-state index in [-0.39, 0.29) is 5.82 Å². The van der Waals surface area contributed by atoms with Crippen molar-refractivity contribution in [2.45, 2.75) is 11.7 Å². The molecule has 1 heterocycles. The number of hydrogen-bond donors (Lipinski definition) is 1. The molecule has 1 aromatic carbocycles. The summed E-state index contributed by atoms with van der Waals surface area (Å²) in [4.78, 5) is 10.7. The maximum Gasteiger partial charge on any atom is 0.191 e. The second-order valence-corrected chi connectivity index (χ2v) is 5.07. The fraction of sp³-hybridized carbons (Fsp3) is 0.286. The fourth-order valence-corrected chi connectivity index (χ4v) is 2.17. The Hall–Kier alpha value is -1.82. The predicted molar refractivity (Wildman–Crippen MR) is 81.9 cm³/mol. The van der Waals surface area contributed by atoms with Gasteiger partial charge in [-0.3, -0.25) is 0 Å². The molecule has 0 aliphatic heterocycles. The first kappa shape index (κ1) is 14.6. The maximum absolute atomic E-state index is 13.7. The predicted octanol–water partition coefficient (Wildman–Crippen LogP) is 3.02. The van der Waals surface area contributed by atoms with Gasteiger partial charge in [-0.25, -0.2) is 14.4 Å². The van der Waals surface area contributed by atoms with Crippen LogP contribution >= 0.6 is 11.8 Å². The molecule has 20 heavy (non-hydrogen) atoms. The molecule has 0 bridgehead atoms. The van der Waals surface area contributed by atoms with Gasteiger partial charge in [-0.05, 0) is 12.3 Å². The van der Waals surface area contributed by atoms with E-state index >= 15 is 0 Å². The summed E-state index contributed by atoms with van der Waals surface area (Å²) in [6.45, 7) is 0.459. The van der Waals surface area contributed by atoms with Crippen LogP contribution < -0.4 is 10.2 Å². The summed E-state index contributed by atoms with van der Waals surface area (Å²) in [6, 6.07) is 8.62. The third-order valence-corrected chi connectivity index (χ3v) is 3.43. The van der Waals surface area contributed by atoms with Gasteiger partial charge in [0.2, 0.25) is 0 Å².